The predicted octanol–water partition coefficient (Wildman–Crippen LogP) is 1.40. The van der Waals surface area contributed by atoms with Crippen LogP contribution in [0, 0.1) is 6.92 Å². The van der Waals surface area contributed by atoms with Gasteiger partial charge in [-0.05, 0) is 43.6 Å². The number of halogens is 1. The lowest BCUT2D eigenvalue weighted by molar-refractivity contribution is 0.0519. The van der Waals surface area contributed by atoms with Gasteiger partial charge in [0.2, 0.25) is 0 Å². The Kier molecular flexibility index (Phi) is 3.85. The molecule has 0 saturated carbocycles. The molecule has 0 bridgehead atoms. The van der Waals surface area contributed by atoms with Gasteiger partial charge < -0.3 is 4.74 Å². The first-order valence-corrected chi connectivity index (χ1v) is 6.07. The maximum Gasteiger partial charge on any atom is 0.425 e. The Bertz CT molecular complexity index is 570. The third-order valence-electron chi connectivity index (χ3n) is 2.18. The molecule has 1 rings (SSSR count). The Morgan fingerprint density at radius 3 is 2.22 bits per heavy atom. The van der Waals surface area contributed by atoms with Gasteiger partial charge in [-0.3, -0.25) is 9.36 Å². The third kappa shape index (κ3) is 2.72. The predicted molar refractivity (Wildman–Crippen MR) is 70.0 cm³/mol. The van der Waals surface area contributed by atoms with Crippen LogP contribution < -0.4 is 11.2 Å². The lowest BCUT2D eigenvalue weighted by Crippen LogP contribution is -2.46. The summed E-state index contributed by atoms with van der Waals surface area (Å²) in [5, 5.41) is 0. The molecule has 1 aromatic rings. The molecular weight excluding hydrogens is 304 g/mol. The second-order valence-corrected chi connectivity index (χ2v) is 5.63. The zero-order valence-corrected chi connectivity index (χ0v) is 12.5. The molecule has 0 fully saturated rings. The fourth-order valence-electron chi connectivity index (χ4n) is 1.30. The van der Waals surface area contributed by atoms with Gasteiger partial charge in [0.1, 0.15) is 5.60 Å². The van der Waals surface area contributed by atoms with E-state index in [0.29, 0.717) is 9.17 Å². The standard InChI is InChI=1S/C11H15BrN2O4/c1-6-7(12)13(5)9(16)14(8(6)15)10(17)18-11(2,3)4/h1-5H3. The summed E-state index contributed by atoms with van der Waals surface area (Å²) in [5.41, 5.74) is -1.93. The lowest BCUT2D eigenvalue weighted by atomic mass is 10.2. The minimum absolute atomic E-state index is 0.267. The third-order valence-corrected chi connectivity index (χ3v) is 3.31. The monoisotopic (exact) mass is 318 g/mol. The van der Waals surface area contributed by atoms with E-state index < -0.39 is 22.9 Å². The quantitative estimate of drug-likeness (QED) is 0.678. The van der Waals surface area contributed by atoms with Gasteiger partial charge in [0, 0.05) is 12.6 Å². The van der Waals surface area contributed by atoms with Crippen molar-refractivity contribution in [3.05, 3.63) is 31.0 Å². The number of hydrogen-bond acceptors (Lipinski definition) is 4. The number of ether oxygens (including phenoxy) is 1. The van der Waals surface area contributed by atoms with Crippen molar-refractivity contribution in [2.45, 2.75) is 33.3 Å². The highest BCUT2D eigenvalue weighted by atomic mass is 79.9. The second kappa shape index (κ2) is 4.72. The van der Waals surface area contributed by atoms with Crippen molar-refractivity contribution < 1.29 is 9.53 Å². The zero-order valence-electron chi connectivity index (χ0n) is 10.9. The van der Waals surface area contributed by atoms with Gasteiger partial charge >= 0.3 is 11.8 Å². The summed E-state index contributed by atoms with van der Waals surface area (Å²) in [6, 6.07) is 0. The molecule has 0 amide bonds. The molecule has 1 heterocycles. The average Bonchev–Trinajstić information content (AvgIpc) is 2.21. The molecule has 100 valence electrons. The van der Waals surface area contributed by atoms with Crippen LogP contribution in [0.15, 0.2) is 14.2 Å². The Labute approximate surface area is 112 Å². The summed E-state index contributed by atoms with van der Waals surface area (Å²) in [7, 11) is 1.46. The molecule has 0 aromatic carbocycles. The van der Waals surface area contributed by atoms with E-state index >= 15 is 0 Å². The summed E-state index contributed by atoms with van der Waals surface area (Å²) in [4.78, 5) is 35.6. The molecule has 18 heavy (non-hydrogen) atoms. The fraction of sp³-hybridized carbons (Fsp3) is 0.545. The number of carbonyl (C=O) groups is 1. The Morgan fingerprint density at radius 2 is 1.78 bits per heavy atom. The van der Waals surface area contributed by atoms with Gasteiger partial charge in [0.25, 0.3) is 5.56 Å². The van der Waals surface area contributed by atoms with Crippen LogP contribution in [0.3, 0.4) is 0 Å². The minimum atomic E-state index is -0.969. The highest BCUT2D eigenvalue weighted by Gasteiger charge is 2.23. The maximum atomic E-state index is 11.9. The van der Waals surface area contributed by atoms with Crippen molar-refractivity contribution in [1.82, 2.24) is 9.13 Å². The van der Waals surface area contributed by atoms with Crippen LogP contribution in [0.5, 0.6) is 0 Å². The Hall–Kier alpha value is -1.37. The molecule has 0 aliphatic heterocycles. The van der Waals surface area contributed by atoms with Crippen LogP contribution in [-0.2, 0) is 11.8 Å². The van der Waals surface area contributed by atoms with E-state index in [-0.39, 0.29) is 5.56 Å². The summed E-state index contributed by atoms with van der Waals surface area (Å²) in [6.07, 6.45) is -0.969. The van der Waals surface area contributed by atoms with Crippen LogP contribution in [-0.4, -0.2) is 20.8 Å². The summed E-state index contributed by atoms with van der Waals surface area (Å²) < 4.78 is 7.03. The van der Waals surface area contributed by atoms with Gasteiger partial charge in [0.05, 0.1) is 4.60 Å². The highest BCUT2D eigenvalue weighted by Crippen LogP contribution is 2.10. The molecule has 6 nitrogen and oxygen atoms in total. The Balaban J connectivity index is 3.49. The molecule has 7 heteroatoms. The van der Waals surface area contributed by atoms with Crippen LogP contribution >= 0.6 is 15.9 Å². The first kappa shape index (κ1) is 14.7. The van der Waals surface area contributed by atoms with E-state index in [0.717, 1.165) is 0 Å². The molecule has 0 unspecified atom stereocenters. The van der Waals surface area contributed by atoms with Crippen molar-refractivity contribution in [3.63, 3.8) is 0 Å². The topological polar surface area (TPSA) is 70.3 Å². The molecule has 0 saturated heterocycles. The molecule has 0 N–H and O–H groups in total. The molecule has 0 atom stereocenters. The zero-order chi connectivity index (χ0) is 14.2. The molecule has 0 aliphatic rings. The summed E-state index contributed by atoms with van der Waals surface area (Å²) in [5.74, 6) is 0. The number of aromatic nitrogens is 2. The van der Waals surface area contributed by atoms with Gasteiger partial charge in [0.15, 0.2) is 0 Å². The molecule has 0 aliphatic carbocycles. The van der Waals surface area contributed by atoms with Crippen molar-refractivity contribution in [3.8, 4) is 0 Å². The molecular formula is C11H15BrN2O4. The first-order valence-electron chi connectivity index (χ1n) is 5.27. The molecule has 1 aromatic heterocycles. The SMILES string of the molecule is Cc1c(Br)n(C)c(=O)n(C(=O)OC(C)(C)C)c1=O. The van der Waals surface area contributed by atoms with E-state index in [4.69, 9.17) is 4.74 Å². The largest absolute Gasteiger partial charge is 0.443 e. The normalized spacial score (nSPS) is 11.4. The molecule has 0 spiro atoms. The van der Waals surface area contributed by atoms with Crippen LogP contribution in [0.1, 0.15) is 26.3 Å². The van der Waals surface area contributed by atoms with Gasteiger partial charge in [-0.2, -0.15) is 4.57 Å². The number of carbonyl (C=O) groups excluding carboxylic acids is 1. The minimum Gasteiger partial charge on any atom is -0.443 e. The van der Waals surface area contributed by atoms with Gasteiger partial charge in [-0.1, -0.05) is 0 Å². The van der Waals surface area contributed by atoms with E-state index in [1.165, 1.54) is 18.5 Å². The summed E-state index contributed by atoms with van der Waals surface area (Å²) >= 11 is 3.12. The number of hydrogen-bond donors (Lipinski definition) is 0. The molecule has 0 radical (unpaired) electrons. The van der Waals surface area contributed by atoms with E-state index in [9.17, 15) is 14.4 Å². The van der Waals surface area contributed by atoms with Crippen LogP contribution in [0.2, 0.25) is 0 Å². The smallest absolute Gasteiger partial charge is 0.425 e. The van der Waals surface area contributed by atoms with Gasteiger partial charge in [-0.15, -0.1) is 0 Å². The van der Waals surface area contributed by atoms with Gasteiger partial charge in [-0.25, -0.2) is 9.59 Å². The Morgan fingerprint density at radius 1 is 1.28 bits per heavy atom. The van der Waals surface area contributed by atoms with Crippen molar-refractivity contribution in [1.29, 1.82) is 0 Å². The summed E-state index contributed by atoms with van der Waals surface area (Å²) in [6.45, 7) is 6.50. The van der Waals surface area contributed by atoms with E-state index in [1.54, 1.807) is 20.8 Å². The highest BCUT2D eigenvalue weighted by molar-refractivity contribution is 9.10. The maximum absolute atomic E-state index is 11.9. The number of rotatable bonds is 0. The first-order chi connectivity index (χ1) is 8.06. The van der Waals surface area contributed by atoms with Crippen molar-refractivity contribution in [2.24, 2.45) is 7.05 Å². The second-order valence-electron chi connectivity index (χ2n) is 4.88. The van der Waals surface area contributed by atoms with Crippen LogP contribution in [0.4, 0.5) is 4.79 Å². The van der Waals surface area contributed by atoms with Crippen LogP contribution in [0.25, 0.3) is 0 Å². The van der Waals surface area contributed by atoms with E-state index in [1.807, 2.05) is 0 Å². The average molecular weight is 319 g/mol. The fourth-order valence-corrected chi connectivity index (χ4v) is 1.62. The lowest BCUT2D eigenvalue weighted by Gasteiger charge is -2.20. The number of nitrogens with zero attached hydrogens (tertiary/aromatic N) is 2. The van der Waals surface area contributed by atoms with E-state index in [2.05, 4.69) is 15.9 Å². The van der Waals surface area contributed by atoms with Crippen molar-refractivity contribution >= 4 is 22.0 Å². The van der Waals surface area contributed by atoms with Crippen molar-refractivity contribution in [2.75, 3.05) is 0 Å².